The van der Waals surface area contributed by atoms with Crippen LogP contribution in [-0.4, -0.2) is 36.2 Å². The molecule has 0 aromatic rings. The summed E-state index contributed by atoms with van der Waals surface area (Å²) < 4.78 is 0. The first-order valence-corrected chi connectivity index (χ1v) is 10.0. The minimum absolute atomic E-state index is 0.319. The van der Waals surface area contributed by atoms with Crippen molar-refractivity contribution in [1.29, 1.82) is 0 Å². The van der Waals surface area contributed by atoms with Crippen molar-refractivity contribution in [2.45, 2.75) is 86.0 Å². The van der Waals surface area contributed by atoms with Crippen molar-refractivity contribution in [3.8, 4) is 0 Å². The van der Waals surface area contributed by atoms with Crippen LogP contribution in [0.15, 0.2) is 0 Å². The van der Waals surface area contributed by atoms with E-state index in [0.29, 0.717) is 6.61 Å². The number of hydrogen-bond donors (Lipinski definition) is 1. The summed E-state index contributed by atoms with van der Waals surface area (Å²) in [5.74, 6) is 2.93. The summed E-state index contributed by atoms with van der Waals surface area (Å²) in [6.07, 6.45) is 11.3. The molecular formula is C20H43NO. The molecule has 1 aliphatic heterocycles. The average Bonchev–Trinajstić information content (AvgIpc) is 2.58. The fourth-order valence-electron chi connectivity index (χ4n) is 3.54. The third-order valence-electron chi connectivity index (χ3n) is 5.04. The Morgan fingerprint density at radius 2 is 1.45 bits per heavy atom. The lowest BCUT2D eigenvalue weighted by Crippen LogP contribution is -2.38. The number of nitrogens with zero attached hydrogens (tertiary/aromatic N) is 1. The van der Waals surface area contributed by atoms with Crippen LogP contribution in [-0.2, 0) is 0 Å². The lowest BCUT2D eigenvalue weighted by Gasteiger charge is -2.36. The predicted molar refractivity (Wildman–Crippen MR) is 99.3 cm³/mol. The maximum absolute atomic E-state index is 7.88. The summed E-state index contributed by atoms with van der Waals surface area (Å²) in [5.41, 5.74) is 0. The van der Waals surface area contributed by atoms with E-state index in [0.717, 1.165) is 24.2 Å². The Morgan fingerprint density at radius 3 is 1.86 bits per heavy atom. The molecule has 0 atom stereocenters. The molecule has 0 unspecified atom stereocenters. The van der Waals surface area contributed by atoms with Crippen LogP contribution in [0.2, 0.25) is 0 Å². The first-order valence-electron chi connectivity index (χ1n) is 10.0. The second kappa shape index (κ2) is 14.5. The van der Waals surface area contributed by atoms with E-state index < -0.39 is 0 Å². The van der Waals surface area contributed by atoms with Gasteiger partial charge in [0.15, 0.2) is 0 Å². The number of rotatable bonds is 4. The largest absolute Gasteiger partial charge is 0.396 e. The Kier molecular flexibility index (Phi) is 14.5. The van der Waals surface area contributed by atoms with Gasteiger partial charge in [-0.1, -0.05) is 53.9 Å². The normalized spacial score (nSPS) is 20.9. The van der Waals surface area contributed by atoms with Crippen LogP contribution in [0.4, 0.5) is 0 Å². The number of aliphatic hydroxyl groups is 1. The van der Waals surface area contributed by atoms with E-state index in [4.69, 9.17) is 5.11 Å². The first-order chi connectivity index (χ1) is 10.7. The Hall–Kier alpha value is -0.0800. The predicted octanol–water partition coefficient (Wildman–Crippen LogP) is 5.35. The number of piperidine rings is 1. The molecule has 22 heavy (non-hydrogen) atoms. The quantitative estimate of drug-likeness (QED) is 0.756. The Labute approximate surface area is 140 Å². The molecule has 2 heteroatoms. The zero-order chi connectivity index (χ0) is 16.8. The summed E-state index contributed by atoms with van der Waals surface area (Å²) in [5, 5.41) is 7.88. The minimum Gasteiger partial charge on any atom is -0.396 e. The van der Waals surface area contributed by atoms with Crippen LogP contribution >= 0.6 is 0 Å². The minimum atomic E-state index is 0.319. The van der Waals surface area contributed by atoms with Crippen LogP contribution in [0, 0.1) is 17.8 Å². The van der Waals surface area contributed by atoms with Crippen LogP contribution in [0.3, 0.4) is 0 Å². The van der Waals surface area contributed by atoms with Crippen molar-refractivity contribution in [2.75, 3.05) is 26.2 Å². The molecule has 134 valence electrons. The van der Waals surface area contributed by atoms with Gasteiger partial charge >= 0.3 is 0 Å². The van der Waals surface area contributed by atoms with Crippen LogP contribution < -0.4 is 0 Å². The van der Waals surface area contributed by atoms with Crippen molar-refractivity contribution in [3.63, 3.8) is 0 Å². The number of aliphatic hydroxyl groups excluding tert-OH is 1. The van der Waals surface area contributed by atoms with Gasteiger partial charge in [0.05, 0.1) is 0 Å². The molecule has 0 aromatic heterocycles. The molecule has 1 saturated heterocycles. The zero-order valence-electron chi connectivity index (χ0n) is 16.1. The average molecular weight is 314 g/mol. The molecule has 2 rings (SSSR count). The standard InChI is InChI=1S/C15H29N.C3H8O.C2H6/c1-13(2)15-8-10-16(11-9-15)12-14-6-4-3-5-7-14;1-2-3-4;1-2/h13-15H,3-12H2,1-2H3;4H,2-3H2,1H3;1-2H3. The van der Waals surface area contributed by atoms with E-state index >= 15 is 0 Å². The SMILES string of the molecule is CC.CC(C)C1CCN(CC2CCCCC2)CC1.CCCO. The van der Waals surface area contributed by atoms with Crippen molar-refractivity contribution >= 4 is 0 Å². The van der Waals surface area contributed by atoms with Gasteiger partial charge in [0, 0.05) is 13.2 Å². The van der Waals surface area contributed by atoms with Gasteiger partial charge in [-0.05, 0) is 62.9 Å². The molecule has 1 N–H and O–H groups in total. The molecule has 1 aliphatic carbocycles. The van der Waals surface area contributed by atoms with E-state index in [1.54, 1.807) is 0 Å². The van der Waals surface area contributed by atoms with E-state index in [2.05, 4.69) is 18.7 Å². The van der Waals surface area contributed by atoms with Gasteiger partial charge in [-0.2, -0.15) is 0 Å². The topological polar surface area (TPSA) is 23.5 Å². The van der Waals surface area contributed by atoms with Crippen molar-refractivity contribution in [3.05, 3.63) is 0 Å². The van der Waals surface area contributed by atoms with E-state index in [1.165, 1.54) is 64.6 Å². The fraction of sp³-hybridized carbons (Fsp3) is 1.00. The Morgan fingerprint density at radius 1 is 0.955 bits per heavy atom. The first kappa shape index (κ1) is 21.9. The lowest BCUT2D eigenvalue weighted by molar-refractivity contribution is 0.128. The molecule has 2 nitrogen and oxygen atoms in total. The van der Waals surface area contributed by atoms with Crippen molar-refractivity contribution < 1.29 is 5.11 Å². The van der Waals surface area contributed by atoms with Gasteiger partial charge in [-0.15, -0.1) is 0 Å². The summed E-state index contributed by atoms with van der Waals surface area (Å²) in [6.45, 7) is 15.2. The maximum Gasteiger partial charge on any atom is 0.0428 e. The van der Waals surface area contributed by atoms with Gasteiger partial charge in [-0.3, -0.25) is 0 Å². The highest BCUT2D eigenvalue weighted by Gasteiger charge is 2.23. The number of hydrogen-bond acceptors (Lipinski definition) is 2. The molecule has 1 saturated carbocycles. The Balaban J connectivity index is 0.000000640. The maximum atomic E-state index is 7.88. The second-order valence-electron chi connectivity index (χ2n) is 7.11. The van der Waals surface area contributed by atoms with Crippen LogP contribution in [0.1, 0.15) is 86.0 Å². The van der Waals surface area contributed by atoms with Gasteiger partial charge < -0.3 is 10.0 Å². The van der Waals surface area contributed by atoms with E-state index in [1.807, 2.05) is 20.8 Å². The van der Waals surface area contributed by atoms with E-state index in [9.17, 15) is 0 Å². The van der Waals surface area contributed by atoms with Crippen molar-refractivity contribution in [1.82, 2.24) is 4.90 Å². The van der Waals surface area contributed by atoms with Gasteiger partial charge in [0.25, 0.3) is 0 Å². The molecule has 0 aromatic carbocycles. The van der Waals surface area contributed by atoms with Gasteiger partial charge in [-0.25, -0.2) is 0 Å². The van der Waals surface area contributed by atoms with E-state index in [-0.39, 0.29) is 0 Å². The summed E-state index contributed by atoms with van der Waals surface area (Å²) in [7, 11) is 0. The Bertz CT molecular complexity index is 214. The monoisotopic (exact) mass is 313 g/mol. The lowest BCUT2D eigenvalue weighted by atomic mass is 9.85. The fourth-order valence-corrected chi connectivity index (χ4v) is 3.54. The second-order valence-corrected chi connectivity index (χ2v) is 7.11. The summed E-state index contributed by atoms with van der Waals surface area (Å²) in [4.78, 5) is 2.74. The molecule has 2 fully saturated rings. The molecule has 1 heterocycles. The highest BCUT2D eigenvalue weighted by atomic mass is 16.2. The molecule has 2 aliphatic rings. The van der Waals surface area contributed by atoms with Crippen LogP contribution in [0.25, 0.3) is 0 Å². The van der Waals surface area contributed by atoms with Crippen molar-refractivity contribution in [2.24, 2.45) is 17.8 Å². The third kappa shape index (κ3) is 9.84. The van der Waals surface area contributed by atoms with Gasteiger partial charge in [0.2, 0.25) is 0 Å². The molecule has 0 spiro atoms. The summed E-state index contributed by atoms with van der Waals surface area (Å²) >= 11 is 0. The number of likely N-dealkylation sites (tertiary alicyclic amines) is 1. The molecule has 0 radical (unpaired) electrons. The smallest absolute Gasteiger partial charge is 0.0428 e. The van der Waals surface area contributed by atoms with Crippen LogP contribution in [0.5, 0.6) is 0 Å². The van der Waals surface area contributed by atoms with Gasteiger partial charge in [0.1, 0.15) is 0 Å². The summed E-state index contributed by atoms with van der Waals surface area (Å²) in [6, 6.07) is 0. The molecule has 0 amide bonds. The highest BCUT2D eigenvalue weighted by Crippen LogP contribution is 2.28. The molecule has 0 bridgehead atoms. The zero-order valence-corrected chi connectivity index (χ0v) is 16.1. The third-order valence-corrected chi connectivity index (χ3v) is 5.04. The highest BCUT2D eigenvalue weighted by molar-refractivity contribution is 4.77. The molecular weight excluding hydrogens is 270 g/mol.